The predicted octanol–water partition coefficient (Wildman–Crippen LogP) is 7.56. The number of anilines is 2. The molecule has 2 saturated heterocycles. The smallest absolute Gasteiger partial charge is 0.303 e. The minimum absolute atomic E-state index is 0.0734. The van der Waals surface area contributed by atoms with Crippen LogP contribution in [0.5, 0.6) is 0 Å². The number of alkyl halides is 1. The van der Waals surface area contributed by atoms with Crippen LogP contribution in [0.25, 0.3) is 44.1 Å². The fourth-order valence-electron chi connectivity index (χ4n) is 13.9. The summed E-state index contributed by atoms with van der Waals surface area (Å²) in [5.41, 5.74) is 11.5. The van der Waals surface area contributed by atoms with E-state index in [2.05, 4.69) is 67.8 Å². The Hall–Kier alpha value is -12.8. The van der Waals surface area contributed by atoms with Crippen molar-refractivity contribution in [2.45, 2.75) is 140 Å². The molecule has 4 aromatic carbocycles. The molecule has 4 aromatic heterocycles. The molecule has 0 spiro atoms. The molecule has 602 valence electrons. The average molecular weight is 1590 g/mol. The average Bonchev–Trinajstić information content (AvgIpc) is 1.01. The molecule has 6 aliphatic rings. The summed E-state index contributed by atoms with van der Waals surface area (Å²) in [6.45, 7) is 1.87. The highest BCUT2D eigenvalue weighted by Gasteiger charge is 2.42. The lowest BCUT2D eigenvalue weighted by atomic mass is 9.99. The number of halogens is 5. The maximum absolute atomic E-state index is 15.3. The number of nitrogens with zero attached hydrogens (tertiary/aromatic N) is 6. The third-order valence-corrected chi connectivity index (χ3v) is 20.2. The molecule has 29 nitrogen and oxygen atoms in total. The number of aliphatic carboxylic acids is 1. The zero-order valence-electron chi connectivity index (χ0n) is 63.8. The molecule has 14 rings (SSSR count). The van der Waals surface area contributed by atoms with Crippen LogP contribution in [-0.2, 0) is 54.7 Å². The number of aromatic nitrogens is 4. The van der Waals surface area contributed by atoms with Crippen LogP contribution < -0.4 is 53.6 Å². The molecule has 8 aromatic rings. The Morgan fingerprint density at radius 1 is 0.522 bits per heavy atom. The first-order valence-electron chi connectivity index (χ1n) is 38.2. The van der Waals surface area contributed by atoms with Gasteiger partial charge in [-0.05, 0) is 137 Å². The number of hydrogen-bond acceptors (Lipinski definition) is 19. The van der Waals surface area contributed by atoms with Crippen LogP contribution in [-0.4, -0.2) is 177 Å². The summed E-state index contributed by atoms with van der Waals surface area (Å²) in [5.74, 6) is -7.92. The first kappa shape index (κ1) is 81.7. The quantitative estimate of drug-likeness (QED) is 0.0134. The number of aryl methyl sites for hydroxylation is 2. The first-order valence-corrected chi connectivity index (χ1v) is 37.5. The molecule has 4 aliphatic heterocycles. The van der Waals surface area contributed by atoms with E-state index in [0.717, 1.165) is 44.2 Å². The number of carbonyl (C=O) groups is 12. The zero-order chi connectivity index (χ0) is 83.0. The maximum Gasteiger partial charge on any atom is 0.303 e. The van der Waals surface area contributed by atoms with E-state index in [9.17, 15) is 70.7 Å². The number of rotatable bonds is 27. The summed E-state index contributed by atoms with van der Waals surface area (Å²) < 4.78 is 75.7. The van der Waals surface area contributed by atoms with Gasteiger partial charge in [-0.25, -0.2) is 17.6 Å². The van der Waals surface area contributed by atoms with Crippen LogP contribution in [0.15, 0.2) is 97.6 Å². The highest BCUT2D eigenvalue weighted by Crippen LogP contribution is 2.38. The van der Waals surface area contributed by atoms with Gasteiger partial charge in [0.25, 0.3) is 35.4 Å². The van der Waals surface area contributed by atoms with E-state index in [-0.39, 0.29) is 151 Å². The minimum atomic E-state index is -1.00. The lowest BCUT2D eigenvalue weighted by molar-refractivity contribution is -0.138. The molecule has 0 radical (unpaired) electrons. The van der Waals surface area contributed by atoms with Crippen molar-refractivity contribution in [3.8, 4) is 22.3 Å². The van der Waals surface area contributed by atoms with Crippen molar-refractivity contribution >= 4 is 104 Å². The third-order valence-electron chi connectivity index (χ3n) is 20.2. The van der Waals surface area contributed by atoms with E-state index in [1.165, 1.54) is 77.1 Å². The van der Waals surface area contributed by atoms with E-state index in [1.807, 2.05) is 0 Å². The normalized spacial score (nSPS) is 16.1. The Morgan fingerprint density at radius 2 is 0.939 bits per heavy atom. The van der Waals surface area contributed by atoms with Gasteiger partial charge in [-0.2, -0.15) is 0 Å². The number of unbranched alkanes of at least 4 members (excludes halogenated alkanes) is 2. The molecular formula is C81H85F5N16O13. The van der Waals surface area contributed by atoms with Crippen LogP contribution in [0.4, 0.5) is 33.3 Å². The van der Waals surface area contributed by atoms with Crippen LogP contribution in [0.3, 0.4) is 0 Å². The van der Waals surface area contributed by atoms with Gasteiger partial charge in [0.15, 0.2) is 0 Å². The van der Waals surface area contributed by atoms with Gasteiger partial charge in [-0.1, -0.05) is 12.1 Å². The van der Waals surface area contributed by atoms with Gasteiger partial charge in [0.1, 0.15) is 35.4 Å². The van der Waals surface area contributed by atoms with E-state index in [4.69, 9.17) is 12.2 Å². The molecule has 0 bridgehead atoms. The Bertz CT molecular complexity index is 5210. The summed E-state index contributed by atoms with van der Waals surface area (Å²) >= 11 is 0. The monoisotopic (exact) mass is 1590 g/mol. The third kappa shape index (κ3) is 19.8. The standard InChI is InChI=1S/C40H40F2N8O6.C25H27F2N5O2.C15H15N3O5.CH3F/c1-43-36-26-17-25(30(42)18-32(26)47-19-27(36)38(54)48-22-5-6-22)21-4-7-24(29(41)16-21)37(53)46-14-3-2-13-45-34(51)10-8-31-28-20-50(40(56)23(28)12-15-44-31)33-9-11-35(52)49-39(33)55;1-29-23-18-11-17(14-4-7-16(20(26)10-14)24(33)30-9-3-2-8-28)21(27)12-22(18)31-13-19(23)25(34)32-15-5-6-15;19-12-3-2-11(14(22)17-12)18-7-9-8(15(18)23)5-6-16-10(9)1-4-13(20)21;1-2/h4,7,12,15-19,22,33H,2-3,5-6,8-11,13-14,20H2,1H3,(H,43,47)(H,45,51)(H,46,53)(H,48,54)(H,49,52,55);4,7,10-13,15H,2-3,5-6,8-9,28H2,1H3,(H,29,31)(H,30,33)(H,32,34);5-6,11H,1-4,7H2,(H,20,21)(H,17,19,22);1H3/i;;;1D. The Balaban J connectivity index is 0.000000186. The summed E-state index contributed by atoms with van der Waals surface area (Å²) in [5, 5.41) is 34.4. The highest BCUT2D eigenvalue weighted by atomic mass is 19.1. The molecule has 2 aliphatic carbocycles. The summed E-state index contributed by atoms with van der Waals surface area (Å²) in [4.78, 5) is 167. The van der Waals surface area contributed by atoms with Gasteiger partial charge >= 0.3 is 5.97 Å². The number of carboxylic acid groups (broad SMARTS) is 1. The zero-order valence-corrected chi connectivity index (χ0v) is 62.8. The molecule has 115 heavy (non-hydrogen) atoms. The topological polar surface area (TPSA) is 417 Å². The second-order valence-corrected chi connectivity index (χ2v) is 28.0. The minimum Gasteiger partial charge on any atom is -0.481 e. The fraction of sp³-hybridized carbons (Fsp3) is 0.358. The molecule has 8 heterocycles. The number of nitrogens with two attached hydrogens (primary N) is 1. The van der Waals surface area contributed by atoms with E-state index >= 15 is 8.78 Å². The molecule has 12 N–H and O–H groups in total. The number of amides is 11. The lowest BCUT2D eigenvalue weighted by Crippen LogP contribution is -2.52. The number of imide groups is 2. The number of carboxylic acids is 1. The Labute approximate surface area is 657 Å². The van der Waals surface area contributed by atoms with Crippen LogP contribution in [0.1, 0.15) is 176 Å². The SMILES string of the molecule is CNc1c(C(=O)NC2CC2)cnc2cc(F)c(-c3ccc(C(=O)NCCCCN)c(F)c3)cc12.CNc1c(C(=O)NC2CC2)cnc2cc(F)c(-c3ccc(C(=O)NCCCCNC(=O)CCc4nccc5c4CN(C4CCC(=O)NC4=O)C5=O)c(F)c3)cc12.O=C(O)CCc1nccc2c1CN(C1CCC(=O)NC1=O)C2=O.[2H]CF. The molecule has 34 heteroatoms. The number of nitrogens with one attached hydrogen (secondary N) is 9. The van der Waals surface area contributed by atoms with Crippen LogP contribution in [0, 0.1) is 23.3 Å². The molecular weight excluding hydrogens is 1500 g/mol. The van der Waals surface area contributed by atoms with Gasteiger partial charge < -0.3 is 57.9 Å². The number of benzene rings is 4. The van der Waals surface area contributed by atoms with Crippen molar-refractivity contribution in [3.05, 3.63) is 177 Å². The van der Waals surface area contributed by atoms with Crippen molar-refractivity contribution in [2.24, 2.45) is 5.73 Å². The van der Waals surface area contributed by atoms with Crippen molar-refractivity contribution < 1.29 is 86.0 Å². The fourth-order valence-corrected chi connectivity index (χ4v) is 13.9. The van der Waals surface area contributed by atoms with Gasteiger partial charge in [0.2, 0.25) is 29.5 Å². The second-order valence-electron chi connectivity index (χ2n) is 28.0. The second kappa shape index (κ2) is 37.7. The number of carbonyl (C=O) groups excluding carboxylic acids is 11. The number of pyridine rings is 4. The van der Waals surface area contributed by atoms with Gasteiger partial charge in [-0.15, -0.1) is 0 Å². The first-order chi connectivity index (χ1) is 55.8. The molecule has 2 unspecified atom stereocenters. The van der Waals surface area contributed by atoms with E-state index in [1.54, 1.807) is 32.3 Å². The van der Waals surface area contributed by atoms with Crippen molar-refractivity contribution in [3.63, 3.8) is 0 Å². The Morgan fingerprint density at radius 3 is 1.33 bits per heavy atom. The van der Waals surface area contributed by atoms with Crippen LogP contribution >= 0.6 is 0 Å². The van der Waals surface area contributed by atoms with E-state index < -0.39 is 72.1 Å². The molecule has 2 saturated carbocycles. The summed E-state index contributed by atoms with van der Waals surface area (Å²) in [6, 6.07) is 15.4. The van der Waals surface area contributed by atoms with Crippen LogP contribution in [0.2, 0.25) is 0 Å². The van der Waals surface area contributed by atoms with Gasteiger partial charge in [0.05, 0.1) is 59.6 Å². The van der Waals surface area contributed by atoms with Gasteiger partial charge in [0, 0.05) is 177 Å². The largest absolute Gasteiger partial charge is 0.481 e. The van der Waals surface area contributed by atoms with Crippen molar-refractivity contribution in [2.75, 3.05) is 58.1 Å². The maximum atomic E-state index is 15.3. The van der Waals surface area contributed by atoms with E-state index in [0.29, 0.717) is 123 Å². The Kier molecular flexibility index (Phi) is 26.8. The molecule has 4 fully saturated rings. The van der Waals surface area contributed by atoms with Gasteiger partial charge in [-0.3, -0.25) is 92.5 Å². The number of hydrogen-bond donors (Lipinski definition) is 11. The molecule has 11 amide bonds. The number of piperidine rings is 2. The molecule has 2 atom stereocenters. The van der Waals surface area contributed by atoms with Crippen molar-refractivity contribution in [1.29, 1.82) is 0 Å². The lowest BCUT2D eigenvalue weighted by Gasteiger charge is -2.29. The van der Waals surface area contributed by atoms with Crippen molar-refractivity contribution in [1.82, 2.24) is 67.0 Å². The summed E-state index contributed by atoms with van der Waals surface area (Å²) in [6.07, 6.45) is 13.5. The summed E-state index contributed by atoms with van der Waals surface area (Å²) in [7, 11) is 2.32. The predicted molar refractivity (Wildman–Crippen MR) is 411 cm³/mol. The highest BCUT2D eigenvalue weighted by molar-refractivity contribution is 6.11. The number of fused-ring (bicyclic) bond motifs is 4.